The molecular formula is C18H30N4O4. The number of carbonyl (C=O) groups excluding carboxylic acids is 1. The number of carbonyl (C=O) groups is 1. The SMILES string of the molecule is CCOCCCNC(=NCC(=O)N(C)C)Nc1ccc(OC)c(OC)c1. The highest BCUT2D eigenvalue weighted by Gasteiger charge is 2.08. The minimum Gasteiger partial charge on any atom is -0.493 e. The van der Waals surface area contributed by atoms with Gasteiger partial charge in [-0.25, -0.2) is 4.99 Å². The Balaban J connectivity index is 2.79. The van der Waals surface area contributed by atoms with Crippen molar-refractivity contribution in [2.75, 3.05) is 59.9 Å². The van der Waals surface area contributed by atoms with E-state index in [4.69, 9.17) is 14.2 Å². The molecule has 0 radical (unpaired) electrons. The molecule has 0 aliphatic carbocycles. The summed E-state index contributed by atoms with van der Waals surface area (Å²) >= 11 is 0. The number of benzene rings is 1. The third-order valence-corrected chi connectivity index (χ3v) is 3.48. The van der Waals surface area contributed by atoms with Gasteiger partial charge in [-0.05, 0) is 25.5 Å². The second-order valence-corrected chi connectivity index (χ2v) is 5.63. The van der Waals surface area contributed by atoms with Gasteiger partial charge in [0.1, 0.15) is 6.54 Å². The summed E-state index contributed by atoms with van der Waals surface area (Å²) in [6.07, 6.45) is 0.835. The van der Waals surface area contributed by atoms with Gasteiger partial charge in [0, 0.05) is 45.6 Å². The average molecular weight is 366 g/mol. The van der Waals surface area contributed by atoms with Crippen molar-refractivity contribution < 1.29 is 19.0 Å². The number of likely N-dealkylation sites (N-methyl/N-ethyl adjacent to an activating group) is 1. The first kappa shape index (κ1) is 21.6. The molecule has 8 heteroatoms. The molecule has 1 amide bonds. The van der Waals surface area contributed by atoms with Gasteiger partial charge in [0.25, 0.3) is 0 Å². The lowest BCUT2D eigenvalue weighted by Gasteiger charge is -2.15. The number of hydrogen-bond donors (Lipinski definition) is 2. The first-order valence-electron chi connectivity index (χ1n) is 8.57. The number of nitrogens with zero attached hydrogens (tertiary/aromatic N) is 2. The maximum Gasteiger partial charge on any atom is 0.243 e. The van der Waals surface area contributed by atoms with Crippen LogP contribution in [0, 0.1) is 0 Å². The lowest BCUT2D eigenvalue weighted by molar-refractivity contribution is -0.127. The largest absolute Gasteiger partial charge is 0.493 e. The van der Waals surface area contributed by atoms with Gasteiger partial charge in [0.2, 0.25) is 5.91 Å². The Morgan fingerprint density at radius 1 is 1.19 bits per heavy atom. The molecule has 0 unspecified atom stereocenters. The summed E-state index contributed by atoms with van der Waals surface area (Å²) in [6, 6.07) is 5.47. The molecule has 1 aromatic rings. The van der Waals surface area contributed by atoms with E-state index in [0.717, 1.165) is 12.1 Å². The molecule has 0 saturated heterocycles. The number of amides is 1. The fourth-order valence-electron chi connectivity index (χ4n) is 2.00. The molecule has 26 heavy (non-hydrogen) atoms. The van der Waals surface area contributed by atoms with Crippen molar-refractivity contribution in [1.82, 2.24) is 10.2 Å². The highest BCUT2D eigenvalue weighted by molar-refractivity contribution is 5.95. The zero-order valence-electron chi connectivity index (χ0n) is 16.3. The molecule has 0 spiro atoms. The van der Waals surface area contributed by atoms with E-state index >= 15 is 0 Å². The van der Waals surface area contributed by atoms with Gasteiger partial charge in [-0.3, -0.25) is 4.79 Å². The van der Waals surface area contributed by atoms with E-state index in [-0.39, 0.29) is 12.5 Å². The summed E-state index contributed by atoms with van der Waals surface area (Å²) in [5.41, 5.74) is 0.774. The lowest BCUT2D eigenvalue weighted by Crippen LogP contribution is -2.34. The number of hydrogen-bond acceptors (Lipinski definition) is 5. The fraction of sp³-hybridized carbons (Fsp3) is 0.556. The Kier molecular flexibility index (Phi) is 9.93. The predicted molar refractivity (Wildman–Crippen MR) is 103 cm³/mol. The summed E-state index contributed by atoms with van der Waals surface area (Å²) in [4.78, 5) is 17.7. The lowest BCUT2D eigenvalue weighted by atomic mass is 10.2. The number of guanidine groups is 1. The highest BCUT2D eigenvalue weighted by Crippen LogP contribution is 2.29. The van der Waals surface area contributed by atoms with E-state index in [1.54, 1.807) is 34.4 Å². The van der Waals surface area contributed by atoms with E-state index in [2.05, 4.69) is 15.6 Å². The molecule has 2 N–H and O–H groups in total. The predicted octanol–water partition coefficient (Wildman–Crippen LogP) is 1.58. The van der Waals surface area contributed by atoms with Crippen LogP contribution in [-0.4, -0.2) is 71.4 Å². The molecule has 8 nitrogen and oxygen atoms in total. The Morgan fingerprint density at radius 2 is 1.92 bits per heavy atom. The Hall–Kier alpha value is -2.48. The Labute approximate surface area is 155 Å². The zero-order valence-corrected chi connectivity index (χ0v) is 16.3. The molecule has 0 atom stereocenters. The molecule has 0 aromatic heterocycles. The second kappa shape index (κ2) is 12.0. The quantitative estimate of drug-likeness (QED) is 0.372. The van der Waals surface area contributed by atoms with Gasteiger partial charge in [0.05, 0.1) is 14.2 Å². The number of aliphatic imine (C=N–C) groups is 1. The number of nitrogens with one attached hydrogen (secondary N) is 2. The molecule has 0 heterocycles. The molecule has 0 aliphatic heterocycles. The molecule has 0 fully saturated rings. The van der Waals surface area contributed by atoms with Crippen LogP contribution in [0.2, 0.25) is 0 Å². The van der Waals surface area contributed by atoms with Crippen LogP contribution in [0.1, 0.15) is 13.3 Å². The third-order valence-electron chi connectivity index (χ3n) is 3.48. The van der Waals surface area contributed by atoms with Gasteiger partial charge in [-0.15, -0.1) is 0 Å². The van der Waals surface area contributed by atoms with E-state index in [1.807, 2.05) is 19.1 Å². The number of anilines is 1. The first-order chi connectivity index (χ1) is 12.5. The zero-order chi connectivity index (χ0) is 19.4. The van der Waals surface area contributed by atoms with Crippen LogP contribution in [0.15, 0.2) is 23.2 Å². The minimum absolute atomic E-state index is 0.0566. The monoisotopic (exact) mass is 366 g/mol. The number of rotatable bonds is 10. The van der Waals surface area contributed by atoms with Gasteiger partial charge in [-0.1, -0.05) is 0 Å². The molecule has 1 aromatic carbocycles. The first-order valence-corrected chi connectivity index (χ1v) is 8.57. The molecule has 0 bridgehead atoms. The Bertz CT molecular complexity index is 591. The minimum atomic E-state index is -0.0762. The van der Waals surface area contributed by atoms with Crippen molar-refractivity contribution in [2.45, 2.75) is 13.3 Å². The van der Waals surface area contributed by atoms with Crippen molar-refractivity contribution >= 4 is 17.6 Å². The van der Waals surface area contributed by atoms with Crippen molar-refractivity contribution in [3.8, 4) is 11.5 Å². The van der Waals surface area contributed by atoms with E-state index in [1.165, 1.54) is 4.90 Å². The standard InChI is InChI=1S/C18H30N4O4/c1-6-26-11-7-10-19-18(20-13-17(23)22(2)3)21-14-8-9-15(24-4)16(12-14)25-5/h8-9,12H,6-7,10-11,13H2,1-5H3,(H2,19,20,21). The van der Waals surface area contributed by atoms with Crippen molar-refractivity contribution in [2.24, 2.45) is 4.99 Å². The summed E-state index contributed by atoms with van der Waals surface area (Å²) < 4.78 is 15.9. The van der Waals surface area contributed by atoms with Crippen LogP contribution < -0.4 is 20.1 Å². The van der Waals surface area contributed by atoms with Crippen LogP contribution in [0.25, 0.3) is 0 Å². The maximum absolute atomic E-state index is 11.8. The van der Waals surface area contributed by atoms with E-state index < -0.39 is 0 Å². The number of ether oxygens (including phenoxy) is 3. The van der Waals surface area contributed by atoms with E-state index in [0.29, 0.717) is 37.2 Å². The van der Waals surface area contributed by atoms with Gasteiger partial charge < -0.3 is 29.7 Å². The summed E-state index contributed by atoms with van der Waals surface area (Å²) in [5.74, 6) is 1.69. The highest BCUT2D eigenvalue weighted by atomic mass is 16.5. The summed E-state index contributed by atoms with van der Waals surface area (Å²) in [5, 5.41) is 6.39. The molecule has 1 rings (SSSR count). The number of methoxy groups -OCH3 is 2. The maximum atomic E-state index is 11.8. The summed E-state index contributed by atoms with van der Waals surface area (Å²) in [6.45, 7) is 4.06. The second-order valence-electron chi connectivity index (χ2n) is 5.63. The van der Waals surface area contributed by atoms with Crippen LogP contribution in [-0.2, 0) is 9.53 Å². The van der Waals surface area contributed by atoms with Crippen molar-refractivity contribution in [1.29, 1.82) is 0 Å². The van der Waals surface area contributed by atoms with Crippen LogP contribution >= 0.6 is 0 Å². The van der Waals surface area contributed by atoms with Crippen molar-refractivity contribution in [3.63, 3.8) is 0 Å². The summed E-state index contributed by atoms with van der Waals surface area (Å²) in [7, 11) is 6.58. The molecule has 0 saturated carbocycles. The van der Waals surface area contributed by atoms with Gasteiger partial charge in [-0.2, -0.15) is 0 Å². The fourth-order valence-corrected chi connectivity index (χ4v) is 2.00. The molecule has 146 valence electrons. The van der Waals surface area contributed by atoms with E-state index in [9.17, 15) is 4.79 Å². The van der Waals surface area contributed by atoms with Crippen LogP contribution in [0.5, 0.6) is 11.5 Å². The molecule has 0 aliphatic rings. The smallest absolute Gasteiger partial charge is 0.243 e. The van der Waals surface area contributed by atoms with Crippen LogP contribution in [0.3, 0.4) is 0 Å². The Morgan fingerprint density at radius 3 is 2.54 bits per heavy atom. The van der Waals surface area contributed by atoms with Gasteiger partial charge >= 0.3 is 0 Å². The normalized spacial score (nSPS) is 11.0. The average Bonchev–Trinajstić information content (AvgIpc) is 2.64. The topological polar surface area (TPSA) is 84.4 Å². The third kappa shape index (κ3) is 7.60. The van der Waals surface area contributed by atoms with Gasteiger partial charge in [0.15, 0.2) is 17.5 Å². The van der Waals surface area contributed by atoms with Crippen molar-refractivity contribution in [3.05, 3.63) is 18.2 Å². The van der Waals surface area contributed by atoms with Crippen LogP contribution in [0.4, 0.5) is 5.69 Å². The molecular weight excluding hydrogens is 336 g/mol.